The van der Waals surface area contributed by atoms with Gasteiger partial charge in [0.15, 0.2) is 0 Å². The number of hydrogen-bond acceptors (Lipinski definition) is 3. The number of halogens is 1. The van der Waals surface area contributed by atoms with E-state index < -0.39 is 11.8 Å². The Kier molecular flexibility index (Phi) is 5.91. The van der Waals surface area contributed by atoms with Gasteiger partial charge in [0.05, 0.1) is 11.7 Å². The van der Waals surface area contributed by atoms with Crippen LogP contribution in [-0.4, -0.2) is 41.8 Å². The number of benzene rings is 1. The molecular formula is C17H24FNO3. The number of carboxylic acids is 1. The Balaban J connectivity index is 1.90. The van der Waals surface area contributed by atoms with Gasteiger partial charge in [-0.2, -0.15) is 0 Å². The van der Waals surface area contributed by atoms with Crippen LogP contribution in [0.15, 0.2) is 18.2 Å². The van der Waals surface area contributed by atoms with Crippen molar-refractivity contribution in [2.24, 2.45) is 5.92 Å². The molecule has 0 aromatic heterocycles. The van der Waals surface area contributed by atoms with Crippen molar-refractivity contribution in [3.8, 4) is 0 Å². The van der Waals surface area contributed by atoms with E-state index in [2.05, 4.69) is 18.7 Å². The highest BCUT2D eigenvalue weighted by Gasteiger charge is 2.21. The molecule has 0 atom stereocenters. The van der Waals surface area contributed by atoms with Crippen molar-refractivity contribution in [2.45, 2.75) is 39.3 Å². The van der Waals surface area contributed by atoms with Crippen LogP contribution in [0.3, 0.4) is 0 Å². The SMILES string of the molecule is CC(C)COC1CCN(Cc2ccc(F)cc2C(=O)O)CC1. The summed E-state index contributed by atoms with van der Waals surface area (Å²) in [6.45, 7) is 7.34. The number of piperidine rings is 1. The Hall–Kier alpha value is -1.46. The highest BCUT2D eigenvalue weighted by Crippen LogP contribution is 2.19. The van der Waals surface area contributed by atoms with Gasteiger partial charge >= 0.3 is 5.97 Å². The molecule has 1 saturated heterocycles. The van der Waals surface area contributed by atoms with Crippen LogP contribution in [0.25, 0.3) is 0 Å². The topological polar surface area (TPSA) is 49.8 Å². The minimum atomic E-state index is -1.08. The van der Waals surface area contributed by atoms with Gasteiger partial charge < -0.3 is 9.84 Å². The molecule has 0 amide bonds. The number of carboxylic acid groups (broad SMARTS) is 1. The molecule has 0 saturated carbocycles. The average Bonchev–Trinajstić information content (AvgIpc) is 2.48. The number of ether oxygens (including phenoxy) is 1. The molecule has 1 aromatic carbocycles. The first-order chi connectivity index (χ1) is 10.5. The zero-order chi connectivity index (χ0) is 16.1. The van der Waals surface area contributed by atoms with E-state index in [-0.39, 0.29) is 5.56 Å². The van der Waals surface area contributed by atoms with Crippen molar-refractivity contribution in [2.75, 3.05) is 19.7 Å². The predicted octanol–water partition coefficient (Wildman–Crippen LogP) is 3.16. The number of hydrogen-bond donors (Lipinski definition) is 1. The third-order valence-electron chi connectivity index (χ3n) is 3.90. The zero-order valence-corrected chi connectivity index (χ0v) is 13.2. The first-order valence-corrected chi connectivity index (χ1v) is 7.81. The summed E-state index contributed by atoms with van der Waals surface area (Å²) in [5, 5.41) is 9.18. The van der Waals surface area contributed by atoms with Gasteiger partial charge in [0.2, 0.25) is 0 Å². The summed E-state index contributed by atoms with van der Waals surface area (Å²) in [5.41, 5.74) is 0.716. The molecule has 1 fully saturated rings. The van der Waals surface area contributed by atoms with Gasteiger partial charge in [0.25, 0.3) is 0 Å². The number of likely N-dealkylation sites (tertiary alicyclic amines) is 1. The highest BCUT2D eigenvalue weighted by molar-refractivity contribution is 5.89. The maximum absolute atomic E-state index is 13.2. The Morgan fingerprint density at radius 3 is 2.68 bits per heavy atom. The molecule has 0 radical (unpaired) electrons. The summed E-state index contributed by atoms with van der Waals surface area (Å²) in [7, 11) is 0. The Morgan fingerprint density at radius 1 is 1.41 bits per heavy atom. The van der Waals surface area contributed by atoms with Crippen LogP contribution in [-0.2, 0) is 11.3 Å². The second-order valence-corrected chi connectivity index (χ2v) is 6.31. The van der Waals surface area contributed by atoms with E-state index >= 15 is 0 Å². The van der Waals surface area contributed by atoms with E-state index in [0.717, 1.165) is 38.6 Å². The van der Waals surface area contributed by atoms with Crippen LogP contribution in [0.2, 0.25) is 0 Å². The lowest BCUT2D eigenvalue weighted by Crippen LogP contribution is -2.37. The van der Waals surface area contributed by atoms with Crippen LogP contribution in [0.5, 0.6) is 0 Å². The van der Waals surface area contributed by atoms with E-state index in [1.54, 1.807) is 6.07 Å². The lowest BCUT2D eigenvalue weighted by molar-refractivity contribution is -0.00591. The predicted molar refractivity (Wildman–Crippen MR) is 82.4 cm³/mol. The average molecular weight is 309 g/mol. The number of nitrogens with zero attached hydrogens (tertiary/aromatic N) is 1. The quantitative estimate of drug-likeness (QED) is 0.877. The molecule has 0 bridgehead atoms. The lowest BCUT2D eigenvalue weighted by atomic mass is 10.0. The van der Waals surface area contributed by atoms with Crippen LogP contribution >= 0.6 is 0 Å². The molecule has 0 unspecified atom stereocenters. The van der Waals surface area contributed by atoms with Crippen molar-refractivity contribution in [1.29, 1.82) is 0 Å². The summed E-state index contributed by atoms with van der Waals surface area (Å²) in [4.78, 5) is 13.4. The summed E-state index contributed by atoms with van der Waals surface area (Å²) in [6.07, 6.45) is 2.21. The van der Waals surface area contributed by atoms with Gasteiger partial charge in [0, 0.05) is 26.2 Å². The van der Waals surface area contributed by atoms with E-state index in [1.165, 1.54) is 6.07 Å². The fourth-order valence-electron chi connectivity index (χ4n) is 2.69. The normalized spacial score (nSPS) is 17.1. The first kappa shape index (κ1) is 16.9. The van der Waals surface area contributed by atoms with Gasteiger partial charge in [-0.05, 0) is 36.5 Å². The number of carbonyl (C=O) groups is 1. The smallest absolute Gasteiger partial charge is 0.336 e. The first-order valence-electron chi connectivity index (χ1n) is 7.81. The molecule has 1 heterocycles. The number of aromatic carboxylic acids is 1. The van der Waals surface area contributed by atoms with Gasteiger partial charge in [0.1, 0.15) is 5.82 Å². The van der Waals surface area contributed by atoms with Gasteiger partial charge in [-0.15, -0.1) is 0 Å². The van der Waals surface area contributed by atoms with E-state index in [0.29, 0.717) is 24.1 Å². The monoisotopic (exact) mass is 309 g/mol. The van der Waals surface area contributed by atoms with Gasteiger partial charge in [-0.1, -0.05) is 19.9 Å². The minimum Gasteiger partial charge on any atom is -0.478 e. The lowest BCUT2D eigenvalue weighted by Gasteiger charge is -2.32. The molecule has 1 N–H and O–H groups in total. The molecule has 0 aliphatic carbocycles. The maximum atomic E-state index is 13.2. The Morgan fingerprint density at radius 2 is 2.09 bits per heavy atom. The molecule has 22 heavy (non-hydrogen) atoms. The van der Waals surface area contributed by atoms with Crippen LogP contribution in [0, 0.1) is 11.7 Å². The number of rotatable bonds is 6. The van der Waals surface area contributed by atoms with Crippen LogP contribution < -0.4 is 0 Å². The van der Waals surface area contributed by atoms with Crippen LogP contribution in [0.4, 0.5) is 4.39 Å². The molecule has 1 aromatic rings. The molecule has 1 aliphatic rings. The highest BCUT2D eigenvalue weighted by atomic mass is 19.1. The maximum Gasteiger partial charge on any atom is 0.336 e. The summed E-state index contributed by atoms with van der Waals surface area (Å²) >= 11 is 0. The van der Waals surface area contributed by atoms with E-state index in [4.69, 9.17) is 4.74 Å². The van der Waals surface area contributed by atoms with Crippen LogP contribution in [0.1, 0.15) is 42.6 Å². The van der Waals surface area contributed by atoms with E-state index in [1.807, 2.05) is 0 Å². The van der Waals surface area contributed by atoms with Gasteiger partial charge in [-0.3, -0.25) is 4.90 Å². The fourth-order valence-corrected chi connectivity index (χ4v) is 2.69. The standard InChI is InChI=1S/C17H24FNO3/c1-12(2)11-22-15-5-7-19(8-6-15)10-13-3-4-14(18)9-16(13)17(20)21/h3-4,9,12,15H,5-8,10-11H2,1-2H3,(H,20,21). The summed E-state index contributed by atoms with van der Waals surface area (Å²) in [6, 6.07) is 3.98. The third kappa shape index (κ3) is 4.78. The van der Waals surface area contributed by atoms with E-state index in [9.17, 15) is 14.3 Å². The van der Waals surface area contributed by atoms with Crippen molar-refractivity contribution in [3.63, 3.8) is 0 Å². The van der Waals surface area contributed by atoms with Crippen molar-refractivity contribution >= 4 is 5.97 Å². The molecule has 122 valence electrons. The van der Waals surface area contributed by atoms with Gasteiger partial charge in [-0.25, -0.2) is 9.18 Å². The third-order valence-corrected chi connectivity index (χ3v) is 3.90. The Bertz CT molecular complexity index is 511. The molecule has 2 rings (SSSR count). The molecule has 1 aliphatic heterocycles. The summed E-state index contributed by atoms with van der Waals surface area (Å²) < 4.78 is 19.0. The van der Waals surface area contributed by atoms with Crippen molar-refractivity contribution in [3.05, 3.63) is 35.1 Å². The molecule has 0 spiro atoms. The fraction of sp³-hybridized carbons (Fsp3) is 0.588. The minimum absolute atomic E-state index is 0.0539. The largest absolute Gasteiger partial charge is 0.478 e. The zero-order valence-electron chi connectivity index (χ0n) is 13.2. The van der Waals surface area contributed by atoms with Crippen molar-refractivity contribution in [1.82, 2.24) is 4.90 Å². The second kappa shape index (κ2) is 7.70. The molecule has 5 heteroatoms. The summed E-state index contributed by atoms with van der Waals surface area (Å²) in [5.74, 6) is -1.05. The molecule has 4 nitrogen and oxygen atoms in total. The van der Waals surface area contributed by atoms with Crippen molar-refractivity contribution < 1.29 is 19.0 Å². The second-order valence-electron chi connectivity index (χ2n) is 6.31. The molecular weight excluding hydrogens is 285 g/mol. The Labute approximate surface area is 130 Å².